The number of rotatable bonds is 5. The van der Waals surface area contributed by atoms with Gasteiger partial charge in [0, 0.05) is 31.4 Å². The van der Waals surface area contributed by atoms with Gasteiger partial charge in [-0.2, -0.15) is 0 Å². The number of carbonyl (C=O) groups excluding carboxylic acids is 2. The van der Waals surface area contributed by atoms with E-state index in [2.05, 4.69) is 4.98 Å². The molecule has 2 N–H and O–H groups in total. The van der Waals surface area contributed by atoms with Gasteiger partial charge in [0.2, 0.25) is 18.6 Å². The Bertz CT molecular complexity index is 855. The Kier molecular flexibility index (Phi) is 4.70. The first-order chi connectivity index (χ1) is 13.1. The number of hydrogen-bond donors (Lipinski definition) is 1. The summed E-state index contributed by atoms with van der Waals surface area (Å²) in [5.41, 5.74) is 6.21. The summed E-state index contributed by atoms with van der Waals surface area (Å²) in [6.45, 7) is 1.72. The van der Waals surface area contributed by atoms with Gasteiger partial charge in [-0.1, -0.05) is 6.07 Å². The SMILES string of the molecule is NC(=O)Cn1ccnc1C1CCN(C(=O)Cc2ccc3c(c2)OCO3)CC1. The largest absolute Gasteiger partial charge is 0.454 e. The van der Waals surface area contributed by atoms with E-state index in [-0.39, 0.29) is 31.1 Å². The Hall–Kier alpha value is -3.03. The van der Waals surface area contributed by atoms with Crippen molar-refractivity contribution in [3.05, 3.63) is 42.0 Å². The quantitative estimate of drug-likeness (QED) is 0.848. The topological polar surface area (TPSA) is 99.7 Å². The minimum atomic E-state index is -0.384. The third-order valence-electron chi connectivity index (χ3n) is 5.08. The van der Waals surface area contributed by atoms with Crippen molar-refractivity contribution < 1.29 is 19.1 Å². The lowest BCUT2D eigenvalue weighted by atomic mass is 9.95. The van der Waals surface area contributed by atoms with Gasteiger partial charge in [0.15, 0.2) is 11.5 Å². The highest BCUT2D eigenvalue weighted by Gasteiger charge is 2.27. The summed E-state index contributed by atoms with van der Waals surface area (Å²) in [5, 5.41) is 0. The van der Waals surface area contributed by atoms with Crippen LogP contribution in [0.3, 0.4) is 0 Å². The number of nitrogens with two attached hydrogens (primary N) is 1. The number of nitrogens with zero attached hydrogens (tertiary/aromatic N) is 3. The standard InChI is InChI=1S/C19H22N4O4/c20-17(24)11-23-8-5-21-19(23)14-3-6-22(7-4-14)18(25)10-13-1-2-15-16(9-13)27-12-26-15/h1-2,5,8-9,14H,3-4,6-7,10-12H2,(H2,20,24). The van der Waals surface area contributed by atoms with Gasteiger partial charge in [-0.25, -0.2) is 4.98 Å². The number of imidazole rings is 1. The van der Waals surface area contributed by atoms with Gasteiger partial charge in [-0.05, 0) is 30.5 Å². The third kappa shape index (κ3) is 3.74. The van der Waals surface area contributed by atoms with Crippen molar-refractivity contribution in [3.63, 3.8) is 0 Å². The van der Waals surface area contributed by atoms with Gasteiger partial charge in [0.05, 0.1) is 6.42 Å². The predicted octanol–water partition coefficient (Wildman–Crippen LogP) is 1.05. The molecule has 27 heavy (non-hydrogen) atoms. The molecule has 1 fully saturated rings. The zero-order chi connectivity index (χ0) is 18.8. The van der Waals surface area contributed by atoms with Crippen LogP contribution < -0.4 is 15.2 Å². The highest BCUT2D eigenvalue weighted by atomic mass is 16.7. The lowest BCUT2D eigenvalue weighted by Gasteiger charge is -2.32. The molecule has 8 heteroatoms. The fourth-order valence-electron chi connectivity index (χ4n) is 3.71. The van der Waals surface area contributed by atoms with Crippen molar-refractivity contribution in [2.75, 3.05) is 19.9 Å². The van der Waals surface area contributed by atoms with Gasteiger partial charge in [-0.15, -0.1) is 0 Å². The molecule has 8 nitrogen and oxygen atoms in total. The van der Waals surface area contributed by atoms with Crippen molar-refractivity contribution in [1.82, 2.24) is 14.5 Å². The van der Waals surface area contributed by atoms with E-state index in [4.69, 9.17) is 15.2 Å². The minimum Gasteiger partial charge on any atom is -0.454 e. The fraction of sp³-hybridized carbons (Fsp3) is 0.421. The van der Waals surface area contributed by atoms with Crippen LogP contribution in [0.1, 0.15) is 30.1 Å². The highest BCUT2D eigenvalue weighted by Crippen LogP contribution is 2.33. The maximum absolute atomic E-state index is 12.6. The molecule has 0 spiro atoms. The molecule has 142 valence electrons. The summed E-state index contributed by atoms with van der Waals surface area (Å²) < 4.78 is 12.5. The molecule has 1 aromatic carbocycles. The number of ether oxygens (including phenoxy) is 2. The lowest BCUT2D eigenvalue weighted by Crippen LogP contribution is -2.39. The van der Waals surface area contributed by atoms with E-state index >= 15 is 0 Å². The molecule has 4 rings (SSSR count). The zero-order valence-electron chi connectivity index (χ0n) is 15.0. The fourth-order valence-corrected chi connectivity index (χ4v) is 3.71. The normalized spacial score (nSPS) is 16.5. The van der Waals surface area contributed by atoms with E-state index < -0.39 is 0 Å². The van der Waals surface area contributed by atoms with Crippen LogP contribution >= 0.6 is 0 Å². The van der Waals surface area contributed by atoms with Gasteiger partial charge in [0.1, 0.15) is 12.4 Å². The van der Waals surface area contributed by atoms with Crippen LogP contribution in [0.15, 0.2) is 30.6 Å². The zero-order valence-corrected chi connectivity index (χ0v) is 15.0. The van der Waals surface area contributed by atoms with Gasteiger partial charge >= 0.3 is 0 Å². The van der Waals surface area contributed by atoms with E-state index in [9.17, 15) is 9.59 Å². The van der Waals surface area contributed by atoms with Crippen LogP contribution in [0.4, 0.5) is 0 Å². The number of hydrogen-bond acceptors (Lipinski definition) is 5. The average Bonchev–Trinajstić information content (AvgIpc) is 3.30. The molecule has 2 aliphatic heterocycles. The first-order valence-corrected chi connectivity index (χ1v) is 9.06. The Balaban J connectivity index is 1.34. The molecule has 0 atom stereocenters. The van der Waals surface area contributed by atoms with E-state index in [1.807, 2.05) is 23.1 Å². The number of fused-ring (bicyclic) bond motifs is 1. The lowest BCUT2D eigenvalue weighted by molar-refractivity contribution is -0.131. The number of carbonyl (C=O) groups is 2. The van der Waals surface area contributed by atoms with Crippen molar-refractivity contribution in [2.24, 2.45) is 5.73 Å². The molecule has 0 radical (unpaired) electrons. The van der Waals surface area contributed by atoms with Crippen molar-refractivity contribution in [1.29, 1.82) is 0 Å². The Morgan fingerprint density at radius 1 is 1.19 bits per heavy atom. The Morgan fingerprint density at radius 2 is 1.96 bits per heavy atom. The van der Waals surface area contributed by atoms with Crippen LogP contribution in [-0.4, -0.2) is 46.1 Å². The van der Waals surface area contributed by atoms with Crippen LogP contribution in [0.5, 0.6) is 11.5 Å². The summed E-state index contributed by atoms with van der Waals surface area (Å²) in [6.07, 6.45) is 5.45. The second-order valence-corrected chi connectivity index (χ2v) is 6.90. The smallest absolute Gasteiger partial charge is 0.237 e. The number of primary amides is 1. The Morgan fingerprint density at radius 3 is 2.74 bits per heavy atom. The Labute approximate surface area is 156 Å². The number of aromatic nitrogens is 2. The molecule has 0 unspecified atom stereocenters. The van der Waals surface area contributed by atoms with Crippen LogP contribution in [0.2, 0.25) is 0 Å². The van der Waals surface area contributed by atoms with Gasteiger partial charge < -0.3 is 24.7 Å². The van der Waals surface area contributed by atoms with Crippen molar-refractivity contribution in [3.8, 4) is 11.5 Å². The molecule has 1 saturated heterocycles. The van der Waals surface area contributed by atoms with Gasteiger partial charge in [0.25, 0.3) is 0 Å². The van der Waals surface area contributed by atoms with Crippen LogP contribution in [0, 0.1) is 0 Å². The highest BCUT2D eigenvalue weighted by molar-refractivity contribution is 5.79. The second kappa shape index (κ2) is 7.30. The molecule has 2 aliphatic rings. The van der Waals surface area contributed by atoms with Gasteiger partial charge in [-0.3, -0.25) is 9.59 Å². The minimum absolute atomic E-state index is 0.104. The molecule has 0 saturated carbocycles. The van der Waals surface area contributed by atoms with E-state index in [1.54, 1.807) is 17.0 Å². The van der Waals surface area contributed by atoms with Crippen molar-refractivity contribution >= 4 is 11.8 Å². The first-order valence-electron chi connectivity index (χ1n) is 9.06. The predicted molar refractivity (Wildman–Crippen MR) is 96.2 cm³/mol. The van der Waals surface area contributed by atoms with E-state index in [0.29, 0.717) is 25.3 Å². The molecule has 3 heterocycles. The second-order valence-electron chi connectivity index (χ2n) is 6.90. The molecule has 1 aromatic heterocycles. The summed E-state index contributed by atoms with van der Waals surface area (Å²) in [7, 11) is 0. The molecule has 2 amide bonds. The number of benzene rings is 1. The monoisotopic (exact) mass is 370 g/mol. The third-order valence-corrected chi connectivity index (χ3v) is 5.08. The number of likely N-dealkylation sites (tertiary alicyclic amines) is 1. The summed E-state index contributed by atoms with van der Waals surface area (Å²) in [6, 6.07) is 5.61. The molecular formula is C19H22N4O4. The van der Waals surface area contributed by atoms with Crippen LogP contribution in [0.25, 0.3) is 0 Å². The molecular weight excluding hydrogens is 348 g/mol. The molecule has 2 aromatic rings. The summed E-state index contributed by atoms with van der Waals surface area (Å²) in [5.74, 6) is 2.24. The summed E-state index contributed by atoms with van der Waals surface area (Å²) >= 11 is 0. The summed E-state index contributed by atoms with van der Waals surface area (Å²) in [4.78, 5) is 30.1. The molecule has 0 aliphatic carbocycles. The average molecular weight is 370 g/mol. The van der Waals surface area contributed by atoms with E-state index in [0.717, 1.165) is 30.0 Å². The molecule has 0 bridgehead atoms. The number of piperidine rings is 1. The maximum atomic E-state index is 12.6. The van der Waals surface area contributed by atoms with Crippen LogP contribution in [-0.2, 0) is 22.6 Å². The van der Waals surface area contributed by atoms with E-state index in [1.165, 1.54) is 0 Å². The maximum Gasteiger partial charge on any atom is 0.237 e. The van der Waals surface area contributed by atoms with Crippen molar-refractivity contribution in [2.45, 2.75) is 31.7 Å². The first kappa shape index (κ1) is 17.4. The number of amides is 2.